The Morgan fingerprint density at radius 2 is 2.00 bits per heavy atom. The van der Waals surface area contributed by atoms with Crippen LogP contribution in [0.2, 0.25) is 0 Å². The SMILES string of the molecule is Cc1cc(F)ccc1Oc1cc(Br)ccc1/C(N)=N/O. The van der Waals surface area contributed by atoms with E-state index in [9.17, 15) is 4.39 Å². The Labute approximate surface area is 123 Å². The summed E-state index contributed by atoms with van der Waals surface area (Å²) in [7, 11) is 0. The first-order valence-corrected chi connectivity index (χ1v) is 6.52. The van der Waals surface area contributed by atoms with Crippen LogP contribution < -0.4 is 10.5 Å². The molecule has 20 heavy (non-hydrogen) atoms. The molecule has 0 amide bonds. The summed E-state index contributed by atoms with van der Waals surface area (Å²) >= 11 is 3.33. The molecule has 0 aliphatic carbocycles. The van der Waals surface area contributed by atoms with Gasteiger partial charge in [0, 0.05) is 4.47 Å². The summed E-state index contributed by atoms with van der Waals surface area (Å²) in [6.07, 6.45) is 0. The predicted octanol–water partition coefficient (Wildman–Crippen LogP) is 3.78. The van der Waals surface area contributed by atoms with Crippen LogP contribution in [0.25, 0.3) is 0 Å². The molecule has 0 radical (unpaired) electrons. The molecule has 3 N–H and O–H groups in total. The molecule has 2 aromatic carbocycles. The largest absolute Gasteiger partial charge is 0.456 e. The molecule has 4 nitrogen and oxygen atoms in total. The van der Waals surface area contributed by atoms with Crippen LogP contribution in [0.4, 0.5) is 4.39 Å². The number of oxime groups is 1. The number of hydrogen-bond acceptors (Lipinski definition) is 3. The first kappa shape index (κ1) is 14.3. The molecule has 0 aliphatic rings. The fourth-order valence-corrected chi connectivity index (χ4v) is 2.03. The second-order valence-corrected chi connectivity index (χ2v) is 5.05. The Hall–Kier alpha value is -2.08. The summed E-state index contributed by atoms with van der Waals surface area (Å²) in [5, 5.41) is 11.8. The molecule has 2 rings (SSSR count). The van der Waals surface area contributed by atoms with Crippen molar-refractivity contribution in [1.82, 2.24) is 0 Å². The van der Waals surface area contributed by atoms with E-state index in [1.165, 1.54) is 18.2 Å². The number of amidine groups is 1. The fraction of sp³-hybridized carbons (Fsp3) is 0.0714. The van der Waals surface area contributed by atoms with Crippen LogP contribution in [0.1, 0.15) is 11.1 Å². The van der Waals surface area contributed by atoms with E-state index in [4.69, 9.17) is 15.7 Å². The van der Waals surface area contributed by atoms with Gasteiger partial charge in [-0.3, -0.25) is 0 Å². The van der Waals surface area contributed by atoms with Crippen LogP contribution in [0.15, 0.2) is 46.0 Å². The number of nitrogens with two attached hydrogens (primary N) is 1. The Bertz CT molecular complexity index is 674. The highest BCUT2D eigenvalue weighted by molar-refractivity contribution is 9.10. The van der Waals surface area contributed by atoms with Crippen molar-refractivity contribution in [2.45, 2.75) is 6.92 Å². The van der Waals surface area contributed by atoms with E-state index in [1.54, 1.807) is 25.1 Å². The van der Waals surface area contributed by atoms with Gasteiger partial charge in [0.2, 0.25) is 0 Å². The summed E-state index contributed by atoms with van der Waals surface area (Å²) in [6.45, 7) is 1.74. The lowest BCUT2D eigenvalue weighted by molar-refractivity contribution is 0.318. The van der Waals surface area contributed by atoms with Gasteiger partial charge in [-0.1, -0.05) is 21.1 Å². The Balaban J connectivity index is 2.44. The van der Waals surface area contributed by atoms with Crippen LogP contribution in [0.3, 0.4) is 0 Å². The van der Waals surface area contributed by atoms with E-state index >= 15 is 0 Å². The third kappa shape index (κ3) is 3.08. The van der Waals surface area contributed by atoms with Crippen molar-refractivity contribution in [2.24, 2.45) is 10.9 Å². The first-order chi connectivity index (χ1) is 9.51. The molecule has 0 saturated carbocycles. The van der Waals surface area contributed by atoms with Gasteiger partial charge in [0.25, 0.3) is 0 Å². The number of hydrogen-bond donors (Lipinski definition) is 2. The van der Waals surface area contributed by atoms with Crippen LogP contribution >= 0.6 is 15.9 Å². The van der Waals surface area contributed by atoms with Crippen molar-refractivity contribution < 1.29 is 14.3 Å². The van der Waals surface area contributed by atoms with Gasteiger partial charge in [0.15, 0.2) is 5.84 Å². The second kappa shape index (κ2) is 5.92. The van der Waals surface area contributed by atoms with Gasteiger partial charge < -0.3 is 15.7 Å². The van der Waals surface area contributed by atoms with Crippen LogP contribution in [0, 0.1) is 12.7 Å². The maximum atomic E-state index is 13.1. The fourth-order valence-electron chi connectivity index (χ4n) is 1.69. The van der Waals surface area contributed by atoms with Crippen molar-refractivity contribution in [2.75, 3.05) is 0 Å². The third-order valence-electron chi connectivity index (χ3n) is 2.68. The zero-order valence-corrected chi connectivity index (χ0v) is 12.2. The smallest absolute Gasteiger partial charge is 0.173 e. The van der Waals surface area contributed by atoms with Crippen molar-refractivity contribution in [1.29, 1.82) is 0 Å². The van der Waals surface area contributed by atoms with Gasteiger partial charge in [-0.25, -0.2) is 4.39 Å². The topological polar surface area (TPSA) is 67.8 Å². The summed E-state index contributed by atoms with van der Waals surface area (Å²) < 4.78 is 19.6. The molecule has 0 atom stereocenters. The normalized spacial score (nSPS) is 11.4. The molecule has 0 saturated heterocycles. The zero-order chi connectivity index (χ0) is 14.7. The van der Waals surface area contributed by atoms with Crippen molar-refractivity contribution in [3.8, 4) is 11.5 Å². The highest BCUT2D eigenvalue weighted by atomic mass is 79.9. The van der Waals surface area contributed by atoms with Gasteiger partial charge in [-0.2, -0.15) is 0 Å². The number of halogens is 2. The third-order valence-corrected chi connectivity index (χ3v) is 3.18. The molecular weight excluding hydrogens is 327 g/mol. The molecule has 0 unspecified atom stereocenters. The lowest BCUT2D eigenvalue weighted by Crippen LogP contribution is -2.14. The molecule has 0 fully saturated rings. The monoisotopic (exact) mass is 338 g/mol. The highest BCUT2D eigenvalue weighted by Gasteiger charge is 2.11. The number of rotatable bonds is 3. The highest BCUT2D eigenvalue weighted by Crippen LogP contribution is 2.30. The molecule has 0 heterocycles. The van der Waals surface area contributed by atoms with Crippen LogP contribution in [-0.2, 0) is 0 Å². The van der Waals surface area contributed by atoms with Crippen molar-refractivity contribution >= 4 is 21.8 Å². The maximum absolute atomic E-state index is 13.1. The van der Waals surface area contributed by atoms with Gasteiger partial charge in [0.1, 0.15) is 17.3 Å². The Morgan fingerprint density at radius 1 is 1.25 bits per heavy atom. The van der Waals surface area contributed by atoms with E-state index in [1.807, 2.05) is 0 Å². The van der Waals surface area contributed by atoms with Gasteiger partial charge >= 0.3 is 0 Å². The standard InChI is InChI=1S/C14H12BrFN2O2/c1-8-6-10(16)3-5-12(8)20-13-7-9(15)2-4-11(13)14(17)18-19/h2-7,19H,1H3,(H2,17,18). The van der Waals surface area contributed by atoms with E-state index in [-0.39, 0.29) is 11.7 Å². The predicted molar refractivity (Wildman–Crippen MR) is 77.9 cm³/mol. The summed E-state index contributed by atoms with van der Waals surface area (Å²) in [5.41, 5.74) is 6.70. The molecule has 104 valence electrons. The Kier molecular flexibility index (Phi) is 4.24. The average molecular weight is 339 g/mol. The zero-order valence-electron chi connectivity index (χ0n) is 10.6. The minimum Gasteiger partial charge on any atom is -0.456 e. The first-order valence-electron chi connectivity index (χ1n) is 5.72. The molecule has 0 aliphatic heterocycles. The van der Waals surface area contributed by atoms with E-state index in [0.717, 1.165) is 4.47 Å². The van der Waals surface area contributed by atoms with E-state index in [0.29, 0.717) is 22.6 Å². The van der Waals surface area contributed by atoms with Crippen LogP contribution in [0.5, 0.6) is 11.5 Å². The average Bonchev–Trinajstić information content (AvgIpc) is 2.41. The van der Waals surface area contributed by atoms with Gasteiger partial charge in [-0.05, 0) is 48.9 Å². The lowest BCUT2D eigenvalue weighted by atomic mass is 10.1. The molecule has 6 heteroatoms. The summed E-state index contributed by atoms with van der Waals surface area (Å²) in [6, 6.07) is 9.31. The van der Waals surface area contributed by atoms with E-state index in [2.05, 4.69) is 21.1 Å². The quantitative estimate of drug-likeness (QED) is 0.387. The van der Waals surface area contributed by atoms with Crippen molar-refractivity contribution in [3.05, 3.63) is 57.8 Å². The number of nitrogens with zero attached hydrogens (tertiary/aromatic N) is 1. The maximum Gasteiger partial charge on any atom is 0.173 e. The van der Waals surface area contributed by atoms with Gasteiger partial charge in [-0.15, -0.1) is 0 Å². The minimum absolute atomic E-state index is 0.0627. The van der Waals surface area contributed by atoms with Crippen molar-refractivity contribution in [3.63, 3.8) is 0 Å². The second-order valence-electron chi connectivity index (χ2n) is 4.14. The minimum atomic E-state index is -0.333. The van der Waals surface area contributed by atoms with Gasteiger partial charge in [0.05, 0.1) is 5.56 Å². The number of aryl methyl sites for hydroxylation is 1. The lowest BCUT2D eigenvalue weighted by Gasteiger charge is -2.12. The Morgan fingerprint density at radius 3 is 2.65 bits per heavy atom. The molecular formula is C14H12BrFN2O2. The number of benzene rings is 2. The molecule has 0 bridgehead atoms. The van der Waals surface area contributed by atoms with Crippen LogP contribution in [-0.4, -0.2) is 11.0 Å². The molecule has 0 aromatic heterocycles. The number of ether oxygens (including phenoxy) is 1. The molecule has 0 spiro atoms. The molecule has 2 aromatic rings. The van der Waals surface area contributed by atoms with E-state index < -0.39 is 0 Å². The summed E-state index contributed by atoms with van der Waals surface area (Å²) in [5.74, 6) is 0.508. The summed E-state index contributed by atoms with van der Waals surface area (Å²) in [4.78, 5) is 0.